The quantitative estimate of drug-likeness (QED) is 0.699. The normalized spacial score (nSPS) is 14.4. The molecule has 0 atom stereocenters. The van der Waals surface area contributed by atoms with Crippen LogP contribution in [0.25, 0.3) is 5.65 Å². The Bertz CT molecular complexity index is 965. The molecule has 1 aromatic carbocycles. The monoisotopic (exact) mass is 347 g/mol. The number of amides is 1. The first-order valence-electron chi connectivity index (χ1n) is 8.42. The minimum Gasteiger partial charge on any atom is -0.352 e. The zero-order valence-electron chi connectivity index (χ0n) is 14.1. The number of hydrogen-bond donors (Lipinski definition) is 0. The summed E-state index contributed by atoms with van der Waals surface area (Å²) in [5, 5.41) is 21.1. The van der Waals surface area contributed by atoms with Crippen molar-refractivity contribution in [3.05, 3.63) is 53.9 Å². The molecule has 8 heteroatoms. The first-order chi connectivity index (χ1) is 12.7. The number of fused-ring (bicyclic) bond motifs is 1. The van der Waals surface area contributed by atoms with Gasteiger partial charge in [0.1, 0.15) is 12.1 Å². The second kappa shape index (κ2) is 6.80. The van der Waals surface area contributed by atoms with Crippen molar-refractivity contribution in [2.75, 3.05) is 31.1 Å². The summed E-state index contributed by atoms with van der Waals surface area (Å²) in [4.78, 5) is 16.6. The fourth-order valence-corrected chi connectivity index (χ4v) is 3.06. The molecular formula is C18H17N7O. The van der Waals surface area contributed by atoms with E-state index in [1.807, 2.05) is 29.2 Å². The first-order valence-corrected chi connectivity index (χ1v) is 8.42. The molecule has 3 heterocycles. The van der Waals surface area contributed by atoms with Crippen LogP contribution in [-0.2, 0) is 11.2 Å². The molecule has 0 saturated carbocycles. The molecule has 0 spiro atoms. The first kappa shape index (κ1) is 16.0. The van der Waals surface area contributed by atoms with Crippen molar-refractivity contribution in [1.82, 2.24) is 24.7 Å². The highest BCUT2D eigenvalue weighted by molar-refractivity contribution is 5.79. The maximum Gasteiger partial charge on any atom is 0.227 e. The van der Waals surface area contributed by atoms with Crippen molar-refractivity contribution in [3.8, 4) is 6.07 Å². The number of rotatable bonds is 3. The number of carbonyl (C=O) groups is 1. The lowest BCUT2D eigenvalue weighted by molar-refractivity contribution is -0.130. The van der Waals surface area contributed by atoms with Gasteiger partial charge in [0.25, 0.3) is 0 Å². The summed E-state index contributed by atoms with van der Waals surface area (Å²) >= 11 is 0. The Balaban J connectivity index is 1.36. The van der Waals surface area contributed by atoms with Gasteiger partial charge in [0, 0.05) is 26.2 Å². The third kappa shape index (κ3) is 3.19. The molecule has 0 bridgehead atoms. The summed E-state index contributed by atoms with van der Waals surface area (Å²) in [7, 11) is 0. The van der Waals surface area contributed by atoms with Crippen LogP contribution in [0.3, 0.4) is 0 Å². The van der Waals surface area contributed by atoms with Crippen LogP contribution < -0.4 is 4.90 Å². The second-order valence-corrected chi connectivity index (χ2v) is 6.18. The summed E-state index contributed by atoms with van der Waals surface area (Å²) < 4.78 is 1.65. The van der Waals surface area contributed by atoms with Gasteiger partial charge in [-0.1, -0.05) is 12.1 Å². The molecule has 1 aliphatic heterocycles. The van der Waals surface area contributed by atoms with Crippen molar-refractivity contribution >= 4 is 17.4 Å². The van der Waals surface area contributed by atoms with Gasteiger partial charge in [-0.25, -0.2) is 0 Å². The number of piperazine rings is 1. The van der Waals surface area contributed by atoms with E-state index in [0.29, 0.717) is 30.7 Å². The predicted molar refractivity (Wildman–Crippen MR) is 94.4 cm³/mol. The van der Waals surface area contributed by atoms with Gasteiger partial charge >= 0.3 is 0 Å². The number of benzene rings is 1. The van der Waals surface area contributed by atoms with E-state index in [-0.39, 0.29) is 5.91 Å². The number of nitriles is 1. The van der Waals surface area contributed by atoms with E-state index in [4.69, 9.17) is 5.26 Å². The summed E-state index contributed by atoms with van der Waals surface area (Å²) in [6, 6.07) is 13.1. The SMILES string of the molecule is N#Cc1ccc(CC(=O)N2CCN(c3ccc4nncn4n3)CC2)cc1. The van der Waals surface area contributed by atoms with Gasteiger partial charge in [-0.15, -0.1) is 15.3 Å². The average molecular weight is 347 g/mol. The van der Waals surface area contributed by atoms with Gasteiger partial charge < -0.3 is 9.80 Å². The molecule has 1 fully saturated rings. The lowest BCUT2D eigenvalue weighted by atomic mass is 10.1. The highest BCUT2D eigenvalue weighted by Crippen LogP contribution is 2.15. The maximum absolute atomic E-state index is 12.5. The van der Waals surface area contributed by atoms with E-state index in [9.17, 15) is 4.79 Å². The molecule has 1 aliphatic rings. The lowest BCUT2D eigenvalue weighted by Gasteiger charge is -2.35. The summed E-state index contributed by atoms with van der Waals surface area (Å²) in [6.45, 7) is 2.80. The van der Waals surface area contributed by atoms with Gasteiger partial charge in [-0.2, -0.15) is 9.78 Å². The summed E-state index contributed by atoms with van der Waals surface area (Å²) in [6.07, 6.45) is 1.94. The fraction of sp³-hybridized carbons (Fsp3) is 0.278. The van der Waals surface area contributed by atoms with E-state index in [1.54, 1.807) is 23.0 Å². The number of anilines is 1. The lowest BCUT2D eigenvalue weighted by Crippen LogP contribution is -2.49. The van der Waals surface area contributed by atoms with Crippen molar-refractivity contribution in [1.29, 1.82) is 5.26 Å². The van der Waals surface area contributed by atoms with Gasteiger partial charge in [0.2, 0.25) is 5.91 Å². The van der Waals surface area contributed by atoms with E-state index >= 15 is 0 Å². The van der Waals surface area contributed by atoms with Crippen molar-refractivity contribution < 1.29 is 4.79 Å². The van der Waals surface area contributed by atoms with Crippen molar-refractivity contribution in [3.63, 3.8) is 0 Å². The highest BCUT2D eigenvalue weighted by atomic mass is 16.2. The van der Waals surface area contributed by atoms with Crippen LogP contribution in [0.1, 0.15) is 11.1 Å². The zero-order valence-corrected chi connectivity index (χ0v) is 14.1. The molecule has 4 rings (SSSR count). The third-order valence-corrected chi connectivity index (χ3v) is 4.54. The number of nitrogens with zero attached hydrogens (tertiary/aromatic N) is 7. The Labute approximate surface area is 150 Å². The Morgan fingerprint density at radius 1 is 1.08 bits per heavy atom. The van der Waals surface area contributed by atoms with Crippen LogP contribution in [0.2, 0.25) is 0 Å². The predicted octanol–water partition coefficient (Wildman–Crippen LogP) is 0.887. The Morgan fingerprint density at radius 2 is 1.85 bits per heavy atom. The largest absolute Gasteiger partial charge is 0.352 e. The van der Waals surface area contributed by atoms with Crippen molar-refractivity contribution in [2.24, 2.45) is 0 Å². The molecule has 0 unspecified atom stereocenters. The minimum absolute atomic E-state index is 0.108. The van der Waals surface area contributed by atoms with Crippen LogP contribution in [0.4, 0.5) is 5.82 Å². The standard InChI is InChI=1S/C18H17N7O/c19-12-15-3-1-14(2-4-15)11-18(26)24-9-7-23(8-10-24)17-6-5-16-21-20-13-25(16)22-17/h1-6,13H,7-11H2. The molecule has 3 aromatic rings. The molecule has 2 aromatic heterocycles. The maximum atomic E-state index is 12.5. The summed E-state index contributed by atoms with van der Waals surface area (Å²) in [5.41, 5.74) is 2.24. The molecule has 1 saturated heterocycles. The number of hydrogen-bond acceptors (Lipinski definition) is 6. The fourth-order valence-electron chi connectivity index (χ4n) is 3.06. The molecule has 0 N–H and O–H groups in total. The molecule has 8 nitrogen and oxygen atoms in total. The van der Waals surface area contributed by atoms with E-state index in [0.717, 1.165) is 24.5 Å². The highest BCUT2D eigenvalue weighted by Gasteiger charge is 2.22. The number of aromatic nitrogens is 4. The molecule has 130 valence electrons. The molecule has 0 aliphatic carbocycles. The molecule has 26 heavy (non-hydrogen) atoms. The number of carbonyl (C=O) groups excluding carboxylic acids is 1. The summed E-state index contributed by atoms with van der Waals surface area (Å²) in [5.74, 6) is 0.966. The van der Waals surface area contributed by atoms with E-state index < -0.39 is 0 Å². The van der Waals surface area contributed by atoms with Gasteiger partial charge in [-0.3, -0.25) is 4.79 Å². The van der Waals surface area contributed by atoms with Gasteiger partial charge in [-0.05, 0) is 29.8 Å². The minimum atomic E-state index is 0.108. The molecule has 0 radical (unpaired) electrons. The topological polar surface area (TPSA) is 90.4 Å². The van der Waals surface area contributed by atoms with E-state index in [1.165, 1.54) is 0 Å². The molecular weight excluding hydrogens is 330 g/mol. The smallest absolute Gasteiger partial charge is 0.227 e. The molecule has 1 amide bonds. The van der Waals surface area contributed by atoms with Crippen molar-refractivity contribution in [2.45, 2.75) is 6.42 Å². The van der Waals surface area contributed by atoms with Crippen LogP contribution in [0.15, 0.2) is 42.7 Å². The zero-order chi connectivity index (χ0) is 17.9. The van der Waals surface area contributed by atoms with E-state index in [2.05, 4.69) is 26.3 Å². The Hall–Kier alpha value is -3.47. The average Bonchev–Trinajstić information content (AvgIpc) is 3.16. The van der Waals surface area contributed by atoms with Crippen LogP contribution in [-0.4, -0.2) is 56.8 Å². The van der Waals surface area contributed by atoms with Gasteiger partial charge in [0.15, 0.2) is 5.65 Å². The third-order valence-electron chi connectivity index (χ3n) is 4.54. The van der Waals surface area contributed by atoms with Crippen LogP contribution in [0, 0.1) is 11.3 Å². The second-order valence-electron chi connectivity index (χ2n) is 6.18. The van der Waals surface area contributed by atoms with Crippen LogP contribution in [0.5, 0.6) is 0 Å². The van der Waals surface area contributed by atoms with Gasteiger partial charge in [0.05, 0.1) is 18.1 Å². The Kier molecular flexibility index (Phi) is 4.19. The Morgan fingerprint density at radius 3 is 2.58 bits per heavy atom. The van der Waals surface area contributed by atoms with Crippen LogP contribution >= 0.6 is 0 Å².